The van der Waals surface area contributed by atoms with Crippen molar-refractivity contribution in [1.82, 2.24) is 0 Å². The molecular formula is C14H24O2. The zero-order chi connectivity index (χ0) is 12.1. The third-order valence-corrected chi connectivity index (χ3v) is 2.34. The highest BCUT2D eigenvalue weighted by Crippen LogP contribution is 2.07. The van der Waals surface area contributed by atoms with Crippen LogP contribution in [0.3, 0.4) is 0 Å². The molecule has 0 radical (unpaired) electrons. The van der Waals surface area contributed by atoms with Crippen LogP contribution in [0.2, 0.25) is 0 Å². The van der Waals surface area contributed by atoms with E-state index in [0.29, 0.717) is 6.61 Å². The van der Waals surface area contributed by atoms with Crippen LogP contribution in [-0.2, 0) is 9.53 Å². The van der Waals surface area contributed by atoms with Crippen molar-refractivity contribution in [3.8, 4) is 0 Å². The van der Waals surface area contributed by atoms with Gasteiger partial charge in [-0.15, -0.1) is 0 Å². The Kier molecular flexibility index (Phi) is 11.2. The number of hydrogen-bond donors (Lipinski definition) is 0. The van der Waals surface area contributed by atoms with Crippen molar-refractivity contribution in [2.45, 2.75) is 51.9 Å². The highest BCUT2D eigenvalue weighted by molar-refractivity contribution is 5.65. The Labute approximate surface area is 99.4 Å². The van der Waals surface area contributed by atoms with Crippen LogP contribution in [-0.4, -0.2) is 12.6 Å². The van der Waals surface area contributed by atoms with Gasteiger partial charge in [0, 0.05) is 6.92 Å². The fraction of sp³-hybridized carbons (Fsp3) is 0.643. The molecule has 0 unspecified atom stereocenters. The van der Waals surface area contributed by atoms with E-state index in [4.69, 9.17) is 4.74 Å². The SMILES string of the molecule is C=C/C=C/CCCCCCCCOC(C)=O. The van der Waals surface area contributed by atoms with Crippen LogP contribution in [0.5, 0.6) is 0 Å². The van der Waals surface area contributed by atoms with Gasteiger partial charge < -0.3 is 4.74 Å². The van der Waals surface area contributed by atoms with Crippen LogP contribution in [0, 0.1) is 0 Å². The number of esters is 1. The fourth-order valence-electron chi connectivity index (χ4n) is 1.48. The molecule has 2 nitrogen and oxygen atoms in total. The standard InChI is InChI=1S/C14H24O2/c1-3-4-5-6-7-8-9-10-11-12-13-16-14(2)15/h3-5H,1,6-13H2,2H3/b5-4+. The summed E-state index contributed by atoms with van der Waals surface area (Å²) in [4.78, 5) is 10.5. The van der Waals surface area contributed by atoms with E-state index < -0.39 is 0 Å². The summed E-state index contributed by atoms with van der Waals surface area (Å²) in [5.74, 6) is -0.172. The van der Waals surface area contributed by atoms with E-state index >= 15 is 0 Å². The van der Waals surface area contributed by atoms with Gasteiger partial charge in [0.1, 0.15) is 0 Å². The van der Waals surface area contributed by atoms with E-state index in [1.54, 1.807) is 0 Å². The van der Waals surface area contributed by atoms with Crippen molar-refractivity contribution < 1.29 is 9.53 Å². The molecule has 16 heavy (non-hydrogen) atoms. The minimum Gasteiger partial charge on any atom is -0.466 e. The molecule has 0 spiro atoms. The van der Waals surface area contributed by atoms with Gasteiger partial charge in [0.05, 0.1) is 6.61 Å². The van der Waals surface area contributed by atoms with Crippen LogP contribution in [0.1, 0.15) is 51.9 Å². The van der Waals surface area contributed by atoms with Crippen molar-refractivity contribution in [3.63, 3.8) is 0 Å². The van der Waals surface area contributed by atoms with Crippen molar-refractivity contribution in [2.75, 3.05) is 6.61 Å². The lowest BCUT2D eigenvalue weighted by Crippen LogP contribution is -1.99. The van der Waals surface area contributed by atoms with Gasteiger partial charge in [0.2, 0.25) is 0 Å². The third-order valence-electron chi connectivity index (χ3n) is 2.34. The smallest absolute Gasteiger partial charge is 0.302 e. The van der Waals surface area contributed by atoms with Gasteiger partial charge in [-0.25, -0.2) is 0 Å². The van der Waals surface area contributed by atoms with E-state index in [1.165, 1.54) is 32.6 Å². The number of carbonyl (C=O) groups excluding carboxylic acids is 1. The summed E-state index contributed by atoms with van der Waals surface area (Å²) in [5, 5.41) is 0. The summed E-state index contributed by atoms with van der Waals surface area (Å²) in [6.07, 6.45) is 14.4. The van der Waals surface area contributed by atoms with Gasteiger partial charge in [-0.3, -0.25) is 4.79 Å². The summed E-state index contributed by atoms with van der Waals surface area (Å²) in [6.45, 7) is 5.66. The summed E-state index contributed by atoms with van der Waals surface area (Å²) in [6, 6.07) is 0. The maximum atomic E-state index is 10.5. The topological polar surface area (TPSA) is 26.3 Å². The molecule has 0 aliphatic carbocycles. The van der Waals surface area contributed by atoms with Crippen molar-refractivity contribution in [2.24, 2.45) is 0 Å². The minimum absolute atomic E-state index is 0.172. The van der Waals surface area contributed by atoms with Gasteiger partial charge in [0.15, 0.2) is 0 Å². The van der Waals surface area contributed by atoms with Gasteiger partial charge >= 0.3 is 5.97 Å². The second kappa shape index (κ2) is 12.0. The molecule has 0 N–H and O–H groups in total. The van der Waals surface area contributed by atoms with E-state index in [2.05, 4.69) is 12.7 Å². The normalized spacial score (nSPS) is 10.6. The molecular weight excluding hydrogens is 200 g/mol. The first-order chi connectivity index (χ1) is 7.77. The van der Waals surface area contributed by atoms with Gasteiger partial charge in [-0.2, -0.15) is 0 Å². The van der Waals surface area contributed by atoms with Crippen LogP contribution in [0.25, 0.3) is 0 Å². The van der Waals surface area contributed by atoms with Crippen molar-refractivity contribution in [3.05, 3.63) is 24.8 Å². The lowest BCUT2D eigenvalue weighted by atomic mass is 10.1. The molecule has 0 heterocycles. The highest BCUT2D eigenvalue weighted by atomic mass is 16.5. The lowest BCUT2D eigenvalue weighted by molar-refractivity contribution is -0.141. The highest BCUT2D eigenvalue weighted by Gasteiger charge is 1.93. The Balaban J connectivity index is 3.01. The first-order valence-corrected chi connectivity index (χ1v) is 6.18. The number of ether oxygens (including phenoxy) is 1. The second-order valence-corrected chi connectivity index (χ2v) is 3.91. The fourth-order valence-corrected chi connectivity index (χ4v) is 1.48. The van der Waals surface area contributed by atoms with Crippen LogP contribution in [0.15, 0.2) is 24.8 Å². The first-order valence-electron chi connectivity index (χ1n) is 6.18. The molecule has 0 saturated carbocycles. The lowest BCUT2D eigenvalue weighted by Gasteiger charge is -2.01. The number of rotatable bonds is 10. The minimum atomic E-state index is -0.172. The molecule has 2 heteroatoms. The van der Waals surface area contributed by atoms with Gasteiger partial charge in [-0.1, -0.05) is 50.5 Å². The number of allylic oxidation sites excluding steroid dienone is 3. The average molecular weight is 224 g/mol. The maximum Gasteiger partial charge on any atom is 0.302 e. The molecule has 0 amide bonds. The van der Waals surface area contributed by atoms with Crippen LogP contribution < -0.4 is 0 Å². The Bertz CT molecular complexity index is 207. The van der Waals surface area contributed by atoms with E-state index in [-0.39, 0.29) is 5.97 Å². The molecule has 0 rings (SSSR count). The van der Waals surface area contributed by atoms with Crippen molar-refractivity contribution in [1.29, 1.82) is 0 Å². The molecule has 0 aliphatic rings. The summed E-state index contributed by atoms with van der Waals surface area (Å²) >= 11 is 0. The molecule has 0 fully saturated rings. The molecule has 0 atom stereocenters. The van der Waals surface area contributed by atoms with E-state index in [1.807, 2.05) is 12.2 Å². The Hall–Kier alpha value is -1.05. The molecule has 0 aliphatic heterocycles. The van der Waals surface area contributed by atoms with Crippen LogP contribution in [0.4, 0.5) is 0 Å². The second-order valence-electron chi connectivity index (χ2n) is 3.91. The predicted octanol–water partition coefficient (Wildman–Crippen LogP) is 4.02. The number of unbranched alkanes of at least 4 members (excludes halogenated alkanes) is 6. The summed E-state index contributed by atoms with van der Waals surface area (Å²) in [5.41, 5.74) is 0. The quantitative estimate of drug-likeness (QED) is 0.318. The van der Waals surface area contributed by atoms with Crippen molar-refractivity contribution >= 4 is 5.97 Å². The summed E-state index contributed by atoms with van der Waals surface area (Å²) in [7, 11) is 0. The van der Waals surface area contributed by atoms with E-state index in [0.717, 1.165) is 19.3 Å². The predicted molar refractivity (Wildman–Crippen MR) is 68.3 cm³/mol. The Morgan fingerprint density at radius 1 is 1.12 bits per heavy atom. The van der Waals surface area contributed by atoms with Crippen LogP contribution >= 0.6 is 0 Å². The zero-order valence-electron chi connectivity index (χ0n) is 10.4. The molecule has 0 aromatic carbocycles. The van der Waals surface area contributed by atoms with Gasteiger partial charge in [0.25, 0.3) is 0 Å². The average Bonchev–Trinajstić information content (AvgIpc) is 2.25. The molecule has 0 aromatic rings. The largest absolute Gasteiger partial charge is 0.466 e. The molecule has 0 aromatic heterocycles. The maximum absolute atomic E-state index is 10.5. The number of carbonyl (C=O) groups is 1. The molecule has 0 saturated heterocycles. The zero-order valence-corrected chi connectivity index (χ0v) is 10.4. The Morgan fingerprint density at radius 2 is 1.75 bits per heavy atom. The first kappa shape index (κ1) is 14.9. The monoisotopic (exact) mass is 224 g/mol. The third kappa shape index (κ3) is 12.9. The molecule has 92 valence electrons. The Morgan fingerprint density at radius 3 is 2.38 bits per heavy atom. The van der Waals surface area contributed by atoms with E-state index in [9.17, 15) is 4.79 Å². The number of hydrogen-bond acceptors (Lipinski definition) is 2. The molecule has 0 bridgehead atoms. The van der Waals surface area contributed by atoms with Gasteiger partial charge in [-0.05, 0) is 19.3 Å². The summed E-state index contributed by atoms with van der Waals surface area (Å²) < 4.78 is 4.86.